The van der Waals surface area contributed by atoms with Crippen molar-refractivity contribution in [2.45, 2.75) is 17.9 Å². The van der Waals surface area contributed by atoms with Gasteiger partial charge in [0.1, 0.15) is 0 Å². The second kappa shape index (κ2) is 9.26. The Bertz CT molecular complexity index is 882. The molecule has 140 valence electrons. The van der Waals surface area contributed by atoms with Gasteiger partial charge in [0.15, 0.2) is 15.8 Å². The monoisotopic (exact) mass is 413 g/mol. The standard InChI is InChI=1S/C18H21Cl2N3O2S/c1-21-18(23-12-14-5-6-15(19)11-17(14)20)22-10-9-13-3-7-16(8-4-13)26(2,24)25/h3-8,11H,9-10,12H2,1-2H3,(H2,21,22,23). The Morgan fingerprint density at radius 2 is 1.77 bits per heavy atom. The zero-order chi connectivity index (χ0) is 19.2. The summed E-state index contributed by atoms with van der Waals surface area (Å²) >= 11 is 12.1. The Kier molecular flexibility index (Phi) is 7.32. The first-order chi connectivity index (χ1) is 12.3. The van der Waals surface area contributed by atoms with Crippen LogP contribution >= 0.6 is 23.2 Å². The SMILES string of the molecule is CN=C(NCCc1ccc(S(C)(=O)=O)cc1)NCc1ccc(Cl)cc1Cl. The van der Waals surface area contributed by atoms with Crippen molar-refractivity contribution in [1.29, 1.82) is 0 Å². The summed E-state index contributed by atoms with van der Waals surface area (Å²) in [7, 11) is -1.47. The molecule has 2 N–H and O–H groups in total. The van der Waals surface area contributed by atoms with Crippen LogP contribution in [0, 0.1) is 0 Å². The third-order valence-electron chi connectivity index (χ3n) is 3.74. The molecule has 0 bridgehead atoms. The van der Waals surface area contributed by atoms with Gasteiger partial charge in [-0.15, -0.1) is 0 Å². The van der Waals surface area contributed by atoms with Gasteiger partial charge in [0, 0.05) is 36.4 Å². The van der Waals surface area contributed by atoms with Crippen molar-refractivity contribution in [3.05, 3.63) is 63.6 Å². The molecule has 8 heteroatoms. The highest BCUT2D eigenvalue weighted by Crippen LogP contribution is 2.20. The van der Waals surface area contributed by atoms with Crippen LogP contribution in [-0.2, 0) is 22.8 Å². The van der Waals surface area contributed by atoms with E-state index in [9.17, 15) is 8.42 Å². The summed E-state index contributed by atoms with van der Waals surface area (Å²) in [6.07, 6.45) is 1.94. The number of halogens is 2. The molecule has 0 amide bonds. The minimum absolute atomic E-state index is 0.325. The lowest BCUT2D eigenvalue weighted by atomic mass is 10.1. The molecule has 0 saturated heterocycles. The molecule has 2 aromatic rings. The number of nitrogens with zero attached hydrogens (tertiary/aromatic N) is 1. The van der Waals surface area contributed by atoms with Crippen molar-refractivity contribution in [2.75, 3.05) is 19.8 Å². The van der Waals surface area contributed by atoms with Crippen molar-refractivity contribution < 1.29 is 8.42 Å². The number of sulfone groups is 1. The molecule has 2 rings (SSSR count). The molecule has 5 nitrogen and oxygen atoms in total. The summed E-state index contributed by atoms with van der Waals surface area (Å²) in [5.41, 5.74) is 1.97. The van der Waals surface area contributed by atoms with Gasteiger partial charge in [0.05, 0.1) is 4.90 Å². The summed E-state index contributed by atoms with van der Waals surface area (Å²) in [5, 5.41) is 7.61. The zero-order valence-corrected chi connectivity index (χ0v) is 16.9. The quantitative estimate of drug-likeness (QED) is 0.562. The van der Waals surface area contributed by atoms with E-state index in [1.54, 1.807) is 31.3 Å². The van der Waals surface area contributed by atoms with Gasteiger partial charge < -0.3 is 10.6 Å². The van der Waals surface area contributed by atoms with Gasteiger partial charge in [-0.1, -0.05) is 41.4 Å². The van der Waals surface area contributed by atoms with Gasteiger partial charge in [-0.3, -0.25) is 4.99 Å². The maximum atomic E-state index is 11.5. The Morgan fingerprint density at radius 3 is 2.35 bits per heavy atom. The molecule has 0 radical (unpaired) electrons. The number of nitrogens with one attached hydrogen (secondary N) is 2. The molecule has 0 aliphatic carbocycles. The number of hydrogen-bond donors (Lipinski definition) is 2. The zero-order valence-electron chi connectivity index (χ0n) is 14.6. The lowest BCUT2D eigenvalue weighted by Crippen LogP contribution is -2.37. The number of aliphatic imine (C=N–C) groups is 1. The Balaban J connectivity index is 1.83. The predicted molar refractivity (Wildman–Crippen MR) is 108 cm³/mol. The van der Waals surface area contributed by atoms with E-state index in [0.29, 0.717) is 34.0 Å². The fourth-order valence-corrected chi connectivity index (χ4v) is 3.40. The molecule has 0 spiro atoms. The van der Waals surface area contributed by atoms with Crippen molar-refractivity contribution in [3.8, 4) is 0 Å². The van der Waals surface area contributed by atoms with Crippen molar-refractivity contribution in [3.63, 3.8) is 0 Å². The molecule has 26 heavy (non-hydrogen) atoms. The second-order valence-electron chi connectivity index (χ2n) is 5.75. The topological polar surface area (TPSA) is 70.6 Å². The highest BCUT2D eigenvalue weighted by atomic mass is 35.5. The van der Waals surface area contributed by atoms with Crippen LogP contribution in [0.25, 0.3) is 0 Å². The highest BCUT2D eigenvalue weighted by molar-refractivity contribution is 7.90. The highest BCUT2D eigenvalue weighted by Gasteiger charge is 2.06. The summed E-state index contributed by atoms with van der Waals surface area (Å²) in [4.78, 5) is 4.50. The first kappa shape index (κ1) is 20.6. The number of rotatable bonds is 6. The van der Waals surface area contributed by atoms with E-state index in [4.69, 9.17) is 23.2 Å². The van der Waals surface area contributed by atoms with Crippen LogP contribution in [0.2, 0.25) is 10.0 Å². The van der Waals surface area contributed by atoms with Crippen LogP contribution in [-0.4, -0.2) is 34.2 Å². The first-order valence-corrected chi connectivity index (χ1v) is 10.6. The Labute approximate surface area is 164 Å². The van der Waals surface area contributed by atoms with Gasteiger partial charge in [0.25, 0.3) is 0 Å². The van der Waals surface area contributed by atoms with E-state index in [1.807, 2.05) is 18.2 Å². The van der Waals surface area contributed by atoms with Crippen LogP contribution in [0.4, 0.5) is 0 Å². The van der Waals surface area contributed by atoms with Crippen LogP contribution in [0.3, 0.4) is 0 Å². The first-order valence-electron chi connectivity index (χ1n) is 7.97. The van der Waals surface area contributed by atoms with Gasteiger partial charge in [-0.05, 0) is 41.8 Å². The van der Waals surface area contributed by atoms with Crippen LogP contribution in [0.5, 0.6) is 0 Å². The summed E-state index contributed by atoms with van der Waals surface area (Å²) < 4.78 is 22.9. The Morgan fingerprint density at radius 1 is 1.08 bits per heavy atom. The largest absolute Gasteiger partial charge is 0.356 e. The normalized spacial score (nSPS) is 12.1. The fourth-order valence-electron chi connectivity index (χ4n) is 2.29. The van der Waals surface area contributed by atoms with Crippen molar-refractivity contribution in [2.24, 2.45) is 4.99 Å². The maximum Gasteiger partial charge on any atom is 0.191 e. The van der Waals surface area contributed by atoms with Crippen LogP contribution in [0.1, 0.15) is 11.1 Å². The summed E-state index contributed by atoms with van der Waals surface area (Å²) in [6.45, 7) is 1.19. The molecule has 0 atom stereocenters. The van der Waals surface area contributed by atoms with Gasteiger partial charge >= 0.3 is 0 Å². The molecule has 0 fully saturated rings. The van der Waals surface area contributed by atoms with E-state index in [1.165, 1.54) is 6.26 Å². The molecule has 0 unspecified atom stereocenters. The van der Waals surface area contributed by atoms with Crippen LogP contribution in [0.15, 0.2) is 52.4 Å². The van der Waals surface area contributed by atoms with Gasteiger partial charge in [0.2, 0.25) is 0 Å². The minimum atomic E-state index is -3.16. The smallest absolute Gasteiger partial charge is 0.191 e. The Hall–Kier alpha value is -1.76. The summed E-state index contributed by atoms with van der Waals surface area (Å²) in [5.74, 6) is 0.656. The maximum absolute atomic E-state index is 11.5. The summed E-state index contributed by atoms with van der Waals surface area (Å²) in [6, 6.07) is 12.3. The number of hydrogen-bond acceptors (Lipinski definition) is 3. The van der Waals surface area contributed by atoms with Gasteiger partial charge in [-0.2, -0.15) is 0 Å². The van der Waals surface area contributed by atoms with E-state index in [2.05, 4.69) is 15.6 Å². The van der Waals surface area contributed by atoms with Gasteiger partial charge in [-0.25, -0.2) is 8.42 Å². The minimum Gasteiger partial charge on any atom is -0.356 e. The lowest BCUT2D eigenvalue weighted by Gasteiger charge is -2.13. The third kappa shape index (κ3) is 6.20. The van der Waals surface area contributed by atoms with E-state index in [-0.39, 0.29) is 0 Å². The van der Waals surface area contributed by atoms with Crippen molar-refractivity contribution in [1.82, 2.24) is 10.6 Å². The van der Waals surface area contributed by atoms with E-state index >= 15 is 0 Å². The molecule has 2 aromatic carbocycles. The lowest BCUT2D eigenvalue weighted by molar-refractivity contribution is 0.602. The molecular formula is C18H21Cl2N3O2S. The average molecular weight is 414 g/mol. The molecule has 0 aliphatic rings. The third-order valence-corrected chi connectivity index (χ3v) is 5.46. The van der Waals surface area contributed by atoms with Crippen LogP contribution < -0.4 is 10.6 Å². The average Bonchev–Trinajstić information content (AvgIpc) is 2.59. The predicted octanol–water partition coefficient (Wildman–Crippen LogP) is 3.30. The molecule has 0 saturated carbocycles. The van der Waals surface area contributed by atoms with Crippen molar-refractivity contribution >= 4 is 39.0 Å². The molecular weight excluding hydrogens is 393 g/mol. The molecule has 0 heterocycles. The molecule has 0 aliphatic heterocycles. The second-order valence-corrected chi connectivity index (χ2v) is 8.61. The number of guanidine groups is 1. The molecule has 0 aromatic heterocycles. The van der Waals surface area contributed by atoms with E-state index < -0.39 is 9.84 Å². The van der Waals surface area contributed by atoms with E-state index in [0.717, 1.165) is 17.5 Å². The number of benzene rings is 2. The fraction of sp³-hybridized carbons (Fsp3) is 0.278.